The van der Waals surface area contributed by atoms with E-state index in [1.165, 1.54) is 18.2 Å². The van der Waals surface area contributed by atoms with Crippen LogP contribution in [0, 0.1) is 0 Å². The van der Waals surface area contributed by atoms with Crippen molar-refractivity contribution in [2.75, 3.05) is 5.32 Å². The SMILES string of the molecule is O=C(Nc1ccc(Cl)cc1C(=O)c1ccccc1Cl)c1cc(Cl)ccc1Cl. The van der Waals surface area contributed by atoms with Crippen LogP contribution in [0.1, 0.15) is 26.3 Å². The first-order chi connectivity index (χ1) is 12.9. The van der Waals surface area contributed by atoms with Crippen LogP contribution in [0.15, 0.2) is 60.7 Å². The van der Waals surface area contributed by atoms with Crippen LogP contribution in [-0.4, -0.2) is 11.7 Å². The van der Waals surface area contributed by atoms with Crippen molar-refractivity contribution in [3.05, 3.63) is 97.4 Å². The number of halogens is 4. The van der Waals surface area contributed by atoms with E-state index in [1.54, 1.807) is 42.5 Å². The van der Waals surface area contributed by atoms with Gasteiger partial charge < -0.3 is 5.32 Å². The summed E-state index contributed by atoms with van der Waals surface area (Å²) in [7, 11) is 0. The van der Waals surface area contributed by atoms with Gasteiger partial charge >= 0.3 is 0 Å². The van der Waals surface area contributed by atoms with Crippen molar-refractivity contribution in [3.63, 3.8) is 0 Å². The Balaban J connectivity index is 2.00. The van der Waals surface area contributed by atoms with Gasteiger partial charge in [0.15, 0.2) is 5.78 Å². The highest BCUT2D eigenvalue weighted by Gasteiger charge is 2.19. The molecule has 0 spiro atoms. The van der Waals surface area contributed by atoms with Crippen molar-refractivity contribution >= 4 is 63.8 Å². The lowest BCUT2D eigenvalue weighted by Gasteiger charge is -2.12. The molecule has 0 bridgehead atoms. The Hall–Kier alpha value is -2.04. The number of benzene rings is 3. The molecule has 0 aromatic heterocycles. The van der Waals surface area contributed by atoms with E-state index in [0.717, 1.165) is 0 Å². The highest BCUT2D eigenvalue weighted by molar-refractivity contribution is 6.37. The number of hydrogen-bond donors (Lipinski definition) is 1. The van der Waals surface area contributed by atoms with Gasteiger partial charge in [-0.25, -0.2) is 0 Å². The Kier molecular flexibility index (Phi) is 6.08. The van der Waals surface area contributed by atoms with Gasteiger partial charge in [-0.3, -0.25) is 9.59 Å². The predicted molar refractivity (Wildman–Crippen MR) is 111 cm³/mol. The summed E-state index contributed by atoms with van der Waals surface area (Å²) in [6, 6.07) is 15.8. The molecule has 3 nitrogen and oxygen atoms in total. The van der Waals surface area contributed by atoms with Crippen molar-refractivity contribution in [2.24, 2.45) is 0 Å². The van der Waals surface area contributed by atoms with Gasteiger partial charge in [0.05, 0.1) is 21.3 Å². The topological polar surface area (TPSA) is 46.2 Å². The van der Waals surface area contributed by atoms with Crippen LogP contribution < -0.4 is 5.32 Å². The minimum atomic E-state index is -0.502. The molecular formula is C20H11Cl4NO2. The van der Waals surface area contributed by atoms with Crippen LogP contribution >= 0.6 is 46.4 Å². The number of hydrogen-bond acceptors (Lipinski definition) is 2. The van der Waals surface area contributed by atoms with E-state index in [0.29, 0.717) is 20.6 Å². The van der Waals surface area contributed by atoms with Gasteiger partial charge in [0, 0.05) is 21.2 Å². The molecule has 0 aliphatic rings. The van der Waals surface area contributed by atoms with E-state index in [-0.39, 0.29) is 27.6 Å². The summed E-state index contributed by atoms with van der Waals surface area (Å²) in [5, 5.41) is 3.95. The first-order valence-electron chi connectivity index (χ1n) is 7.72. The second-order valence-electron chi connectivity index (χ2n) is 5.58. The second-order valence-corrected chi connectivity index (χ2v) is 7.26. The molecule has 0 unspecified atom stereocenters. The molecule has 0 atom stereocenters. The maximum Gasteiger partial charge on any atom is 0.257 e. The van der Waals surface area contributed by atoms with E-state index in [2.05, 4.69) is 5.32 Å². The summed E-state index contributed by atoms with van der Waals surface area (Å²) in [5.74, 6) is -0.867. The molecule has 0 aliphatic heterocycles. The molecule has 7 heteroatoms. The van der Waals surface area contributed by atoms with Gasteiger partial charge in [-0.15, -0.1) is 0 Å². The molecule has 3 aromatic rings. The monoisotopic (exact) mass is 437 g/mol. The summed E-state index contributed by atoms with van der Waals surface area (Å²) >= 11 is 24.2. The maximum absolute atomic E-state index is 12.9. The highest BCUT2D eigenvalue weighted by Crippen LogP contribution is 2.28. The molecule has 1 amide bonds. The standard InChI is InChI=1S/C20H11Cl4NO2/c21-11-5-7-17(24)14(9-11)20(27)25-18-8-6-12(22)10-15(18)19(26)13-3-1-2-4-16(13)23/h1-10H,(H,25,27). The average Bonchev–Trinajstić information content (AvgIpc) is 2.65. The van der Waals surface area contributed by atoms with Gasteiger partial charge in [0.1, 0.15) is 0 Å². The molecule has 0 saturated heterocycles. The van der Waals surface area contributed by atoms with E-state index in [4.69, 9.17) is 46.4 Å². The Morgan fingerprint density at radius 3 is 1.96 bits per heavy atom. The maximum atomic E-state index is 12.9. The molecular weight excluding hydrogens is 428 g/mol. The van der Waals surface area contributed by atoms with Crippen LogP contribution in [0.25, 0.3) is 0 Å². The molecule has 1 N–H and O–H groups in total. The molecule has 136 valence electrons. The molecule has 0 heterocycles. The molecule has 27 heavy (non-hydrogen) atoms. The van der Waals surface area contributed by atoms with Crippen molar-refractivity contribution in [1.29, 1.82) is 0 Å². The summed E-state index contributed by atoms with van der Waals surface area (Å²) in [6.45, 7) is 0. The molecule has 3 rings (SSSR count). The zero-order valence-corrected chi connectivity index (χ0v) is 16.6. The Morgan fingerprint density at radius 1 is 0.667 bits per heavy atom. The van der Waals surface area contributed by atoms with Crippen molar-refractivity contribution in [3.8, 4) is 0 Å². The fraction of sp³-hybridized carbons (Fsp3) is 0. The Labute approximate surface area is 175 Å². The largest absolute Gasteiger partial charge is 0.321 e. The smallest absolute Gasteiger partial charge is 0.257 e. The normalized spacial score (nSPS) is 10.5. The predicted octanol–water partition coefficient (Wildman–Crippen LogP) is 6.78. The summed E-state index contributed by atoms with van der Waals surface area (Å²) < 4.78 is 0. The zero-order valence-electron chi connectivity index (χ0n) is 13.6. The van der Waals surface area contributed by atoms with Crippen molar-refractivity contribution in [2.45, 2.75) is 0 Å². The third kappa shape index (κ3) is 4.45. The number of amides is 1. The summed E-state index contributed by atoms with van der Waals surface area (Å²) in [6.07, 6.45) is 0. The Morgan fingerprint density at radius 2 is 1.26 bits per heavy atom. The third-order valence-corrected chi connectivity index (χ3v) is 4.90. The van der Waals surface area contributed by atoms with Gasteiger partial charge in [0.2, 0.25) is 0 Å². The van der Waals surface area contributed by atoms with E-state index in [9.17, 15) is 9.59 Å². The number of carbonyl (C=O) groups excluding carboxylic acids is 2. The van der Waals surface area contributed by atoms with Gasteiger partial charge in [-0.05, 0) is 48.5 Å². The summed E-state index contributed by atoms with van der Waals surface area (Å²) in [5.41, 5.74) is 0.987. The number of rotatable bonds is 4. The van der Waals surface area contributed by atoms with Gasteiger partial charge in [0.25, 0.3) is 5.91 Å². The minimum Gasteiger partial charge on any atom is -0.321 e. The molecule has 0 fully saturated rings. The van der Waals surface area contributed by atoms with Crippen LogP contribution in [0.2, 0.25) is 20.1 Å². The van der Waals surface area contributed by atoms with Crippen LogP contribution in [0.5, 0.6) is 0 Å². The molecule has 0 radical (unpaired) electrons. The van der Waals surface area contributed by atoms with Crippen LogP contribution in [0.4, 0.5) is 5.69 Å². The first-order valence-corrected chi connectivity index (χ1v) is 9.23. The van der Waals surface area contributed by atoms with Crippen LogP contribution in [0.3, 0.4) is 0 Å². The van der Waals surface area contributed by atoms with E-state index >= 15 is 0 Å². The zero-order chi connectivity index (χ0) is 19.6. The fourth-order valence-electron chi connectivity index (χ4n) is 2.46. The fourth-order valence-corrected chi connectivity index (χ4v) is 3.23. The molecule has 0 saturated carbocycles. The average molecular weight is 439 g/mol. The molecule has 0 aliphatic carbocycles. The van der Waals surface area contributed by atoms with Gasteiger partial charge in [-0.1, -0.05) is 58.5 Å². The number of nitrogens with one attached hydrogen (secondary N) is 1. The number of anilines is 1. The number of ketones is 1. The summed E-state index contributed by atoms with van der Waals surface area (Å²) in [4.78, 5) is 25.6. The lowest BCUT2D eigenvalue weighted by atomic mass is 10.0. The second kappa shape index (κ2) is 8.32. The van der Waals surface area contributed by atoms with Crippen molar-refractivity contribution in [1.82, 2.24) is 0 Å². The quantitative estimate of drug-likeness (QED) is 0.456. The van der Waals surface area contributed by atoms with Crippen LogP contribution in [-0.2, 0) is 0 Å². The highest BCUT2D eigenvalue weighted by atomic mass is 35.5. The van der Waals surface area contributed by atoms with Gasteiger partial charge in [-0.2, -0.15) is 0 Å². The molecule has 3 aromatic carbocycles. The third-order valence-electron chi connectivity index (χ3n) is 3.77. The van der Waals surface area contributed by atoms with E-state index in [1.807, 2.05) is 0 Å². The lowest BCUT2D eigenvalue weighted by molar-refractivity contribution is 0.102. The minimum absolute atomic E-state index is 0.190. The lowest BCUT2D eigenvalue weighted by Crippen LogP contribution is -2.16. The first kappa shape index (κ1) is 19.7. The van der Waals surface area contributed by atoms with Crippen molar-refractivity contribution < 1.29 is 9.59 Å². The Bertz CT molecular complexity index is 1050. The van der Waals surface area contributed by atoms with E-state index < -0.39 is 5.91 Å². The number of carbonyl (C=O) groups is 2.